The summed E-state index contributed by atoms with van der Waals surface area (Å²) in [7, 11) is 1.46. The number of benzene rings is 1. The molecule has 1 aromatic rings. The van der Waals surface area contributed by atoms with Gasteiger partial charge >= 0.3 is 5.97 Å². The number of methoxy groups -OCH3 is 1. The van der Waals surface area contributed by atoms with E-state index in [-0.39, 0.29) is 16.9 Å². The monoisotopic (exact) mass is 275 g/mol. The summed E-state index contributed by atoms with van der Waals surface area (Å²) >= 11 is 0. The third-order valence-electron chi connectivity index (χ3n) is 4.54. The number of nitrogens with one attached hydrogen (secondary N) is 1. The molecule has 3 nitrogen and oxygen atoms in total. The molecule has 0 amide bonds. The van der Waals surface area contributed by atoms with Crippen LogP contribution in [0, 0.1) is 0 Å². The lowest BCUT2D eigenvalue weighted by atomic mass is 9.64. The predicted octanol–water partition coefficient (Wildman–Crippen LogP) is 3.13. The van der Waals surface area contributed by atoms with Gasteiger partial charge in [-0.3, -0.25) is 4.79 Å². The molecule has 1 atom stereocenters. The van der Waals surface area contributed by atoms with Crippen LogP contribution >= 0.6 is 0 Å². The van der Waals surface area contributed by atoms with E-state index >= 15 is 0 Å². The van der Waals surface area contributed by atoms with Gasteiger partial charge in [0.05, 0.1) is 19.1 Å². The van der Waals surface area contributed by atoms with Crippen LogP contribution in [0.25, 0.3) is 0 Å². The summed E-state index contributed by atoms with van der Waals surface area (Å²) in [6.07, 6.45) is 2.42. The Balaban J connectivity index is 2.50. The third-order valence-corrected chi connectivity index (χ3v) is 4.54. The van der Waals surface area contributed by atoms with Gasteiger partial charge in [0.1, 0.15) is 0 Å². The van der Waals surface area contributed by atoms with Crippen LogP contribution in [0.3, 0.4) is 0 Å². The summed E-state index contributed by atoms with van der Waals surface area (Å²) < 4.78 is 4.91. The van der Waals surface area contributed by atoms with Gasteiger partial charge in [-0.2, -0.15) is 0 Å². The molecule has 3 heteroatoms. The predicted molar refractivity (Wildman–Crippen MR) is 80.7 cm³/mol. The smallest absolute Gasteiger partial charge is 0.307 e. The highest BCUT2D eigenvalue weighted by molar-refractivity contribution is 5.71. The number of ether oxygens (including phenoxy) is 1. The van der Waals surface area contributed by atoms with Crippen LogP contribution < -0.4 is 5.32 Å². The van der Waals surface area contributed by atoms with E-state index in [1.807, 2.05) is 0 Å². The van der Waals surface area contributed by atoms with Gasteiger partial charge < -0.3 is 10.1 Å². The van der Waals surface area contributed by atoms with E-state index in [9.17, 15) is 4.79 Å². The van der Waals surface area contributed by atoms with E-state index in [1.165, 1.54) is 18.2 Å². The van der Waals surface area contributed by atoms with Crippen molar-refractivity contribution >= 4 is 5.97 Å². The first-order chi connectivity index (χ1) is 9.45. The van der Waals surface area contributed by atoms with E-state index in [2.05, 4.69) is 50.4 Å². The quantitative estimate of drug-likeness (QED) is 0.858. The van der Waals surface area contributed by atoms with E-state index < -0.39 is 0 Å². The summed E-state index contributed by atoms with van der Waals surface area (Å²) in [4.78, 5) is 11.9. The zero-order chi connectivity index (χ0) is 14.8. The van der Waals surface area contributed by atoms with Gasteiger partial charge in [-0.15, -0.1) is 0 Å². The lowest BCUT2D eigenvalue weighted by molar-refractivity contribution is -0.142. The minimum atomic E-state index is -0.284. The molecule has 1 N–H and O–H groups in total. The van der Waals surface area contributed by atoms with Crippen LogP contribution in [0.2, 0.25) is 0 Å². The Kier molecular flexibility index (Phi) is 4.19. The summed E-state index contributed by atoms with van der Waals surface area (Å²) in [5.74, 6) is -0.152. The summed E-state index contributed by atoms with van der Waals surface area (Å²) in [6, 6.07) is 8.49. The minimum Gasteiger partial charge on any atom is -0.469 e. The number of esters is 1. The Morgan fingerprint density at radius 2 is 1.90 bits per heavy atom. The van der Waals surface area contributed by atoms with Crippen molar-refractivity contribution in [3.05, 3.63) is 35.4 Å². The van der Waals surface area contributed by atoms with Gasteiger partial charge in [0.25, 0.3) is 0 Å². The number of hydrogen-bond donors (Lipinski definition) is 1. The number of hydrogen-bond acceptors (Lipinski definition) is 3. The largest absolute Gasteiger partial charge is 0.469 e. The van der Waals surface area contributed by atoms with Crippen molar-refractivity contribution in [2.24, 2.45) is 0 Å². The molecule has 2 rings (SSSR count). The average molecular weight is 275 g/mol. The second-order valence-corrected chi connectivity index (χ2v) is 6.29. The Morgan fingerprint density at radius 1 is 1.25 bits per heavy atom. The number of rotatable bonds is 4. The molecule has 0 saturated heterocycles. The molecule has 1 aromatic carbocycles. The number of carbonyl (C=O) groups excluding carboxylic acids is 1. The first-order valence-electron chi connectivity index (χ1n) is 7.37. The standard InChI is InChI=1S/C17H25NO2/c1-5-18-17(12-15(19)20-4)11-10-16(2,3)13-8-6-7-9-14(13)17/h6-9,18H,5,10-12H2,1-4H3. The molecule has 20 heavy (non-hydrogen) atoms. The first-order valence-corrected chi connectivity index (χ1v) is 7.37. The van der Waals surface area contributed by atoms with Crippen molar-refractivity contribution in [1.82, 2.24) is 5.32 Å². The fraction of sp³-hybridized carbons (Fsp3) is 0.588. The van der Waals surface area contributed by atoms with Crippen LogP contribution in [0.5, 0.6) is 0 Å². The van der Waals surface area contributed by atoms with Gasteiger partial charge in [-0.25, -0.2) is 0 Å². The third kappa shape index (κ3) is 2.59. The molecule has 0 fully saturated rings. The Bertz CT molecular complexity index is 496. The average Bonchev–Trinajstić information content (AvgIpc) is 2.44. The molecule has 0 bridgehead atoms. The van der Waals surface area contributed by atoms with E-state index in [1.54, 1.807) is 0 Å². The van der Waals surface area contributed by atoms with Gasteiger partial charge in [0, 0.05) is 0 Å². The molecule has 0 aromatic heterocycles. The summed E-state index contributed by atoms with van der Waals surface area (Å²) in [6.45, 7) is 7.48. The lowest BCUT2D eigenvalue weighted by Gasteiger charge is -2.45. The van der Waals surface area contributed by atoms with Gasteiger partial charge in [-0.1, -0.05) is 45.0 Å². The maximum atomic E-state index is 11.9. The van der Waals surface area contributed by atoms with Crippen LogP contribution in [-0.2, 0) is 20.5 Å². The lowest BCUT2D eigenvalue weighted by Crippen LogP contribution is -2.49. The molecule has 1 aliphatic rings. The van der Waals surface area contributed by atoms with E-state index in [0.29, 0.717) is 6.42 Å². The highest BCUT2D eigenvalue weighted by atomic mass is 16.5. The molecule has 0 heterocycles. The van der Waals surface area contributed by atoms with Gasteiger partial charge in [-0.05, 0) is 35.9 Å². The molecule has 110 valence electrons. The van der Waals surface area contributed by atoms with Crippen molar-refractivity contribution in [1.29, 1.82) is 0 Å². The SMILES string of the molecule is CCNC1(CC(=O)OC)CCC(C)(C)c2ccccc21. The summed E-state index contributed by atoms with van der Waals surface area (Å²) in [5, 5.41) is 3.56. The van der Waals surface area contributed by atoms with Crippen molar-refractivity contribution < 1.29 is 9.53 Å². The molecule has 1 unspecified atom stereocenters. The van der Waals surface area contributed by atoms with Crippen molar-refractivity contribution in [3.8, 4) is 0 Å². The molecule has 0 radical (unpaired) electrons. The Labute approximate surface area is 121 Å². The van der Waals surface area contributed by atoms with Gasteiger partial charge in [0.2, 0.25) is 0 Å². The van der Waals surface area contributed by atoms with Crippen LogP contribution in [0.15, 0.2) is 24.3 Å². The highest BCUT2D eigenvalue weighted by Crippen LogP contribution is 2.46. The second-order valence-electron chi connectivity index (χ2n) is 6.29. The Hall–Kier alpha value is -1.35. The van der Waals surface area contributed by atoms with Crippen LogP contribution in [-0.4, -0.2) is 19.6 Å². The maximum Gasteiger partial charge on any atom is 0.307 e. The van der Waals surface area contributed by atoms with Crippen molar-refractivity contribution in [3.63, 3.8) is 0 Å². The fourth-order valence-electron chi connectivity index (χ4n) is 3.37. The zero-order valence-electron chi connectivity index (χ0n) is 13.0. The highest BCUT2D eigenvalue weighted by Gasteiger charge is 2.43. The second kappa shape index (κ2) is 5.57. The van der Waals surface area contributed by atoms with Gasteiger partial charge in [0.15, 0.2) is 0 Å². The van der Waals surface area contributed by atoms with Crippen LogP contribution in [0.1, 0.15) is 51.2 Å². The maximum absolute atomic E-state index is 11.9. The Morgan fingerprint density at radius 3 is 2.50 bits per heavy atom. The topological polar surface area (TPSA) is 38.3 Å². The molecular weight excluding hydrogens is 250 g/mol. The fourth-order valence-corrected chi connectivity index (χ4v) is 3.37. The van der Waals surface area contributed by atoms with E-state index in [0.717, 1.165) is 19.4 Å². The molecule has 0 aliphatic heterocycles. The molecule has 1 aliphatic carbocycles. The summed E-state index contributed by atoms with van der Waals surface area (Å²) in [5.41, 5.74) is 2.47. The molecular formula is C17H25NO2. The molecule has 0 spiro atoms. The van der Waals surface area contributed by atoms with Crippen LogP contribution in [0.4, 0.5) is 0 Å². The van der Waals surface area contributed by atoms with E-state index in [4.69, 9.17) is 4.74 Å². The van der Waals surface area contributed by atoms with Crippen molar-refractivity contribution in [2.75, 3.05) is 13.7 Å². The number of fused-ring (bicyclic) bond motifs is 1. The normalized spacial score (nSPS) is 24.0. The first kappa shape index (κ1) is 15.0. The zero-order valence-corrected chi connectivity index (χ0v) is 13.0. The molecule has 0 saturated carbocycles. The number of carbonyl (C=O) groups is 1. The minimum absolute atomic E-state index is 0.152. The van der Waals surface area contributed by atoms with Crippen molar-refractivity contribution in [2.45, 2.75) is 51.0 Å².